The summed E-state index contributed by atoms with van der Waals surface area (Å²) < 4.78 is 14.8. The maximum atomic E-state index is 11.0. The number of carbonyl (C=O) groups is 1. The molecular formula is C8H7Br2NO3S. The van der Waals surface area contributed by atoms with Crippen LogP contribution in [0, 0.1) is 0 Å². The van der Waals surface area contributed by atoms with Crippen LogP contribution in [0.1, 0.15) is 10.4 Å². The van der Waals surface area contributed by atoms with Crippen LogP contribution in [0.25, 0.3) is 0 Å². The second-order valence-corrected chi connectivity index (χ2v) is 5.55. The lowest BCUT2D eigenvalue weighted by Crippen LogP contribution is -2.08. The number of carboxylic acid groups (broad SMARTS) is 1. The van der Waals surface area contributed by atoms with Gasteiger partial charge in [-0.25, -0.2) is 9.00 Å². The zero-order valence-corrected chi connectivity index (χ0v) is 11.6. The quantitative estimate of drug-likeness (QED) is 0.874. The van der Waals surface area contributed by atoms with Crippen LogP contribution in [0.5, 0.6) is 0 Å². The summed E-state index contributed by atoms with van der Waals surface area (Å²) in [7, 11) is -1.32. The lowest BCUT2D eigenvalue weighted by atomic mass is 10.2. The van der Waals surface area contributed by atoms with Crippen LogP contribution in [0.4, 0.5) is 5.69 Å². The van der Waals surface area contributed by atoms with E-state index in [4.69, 9.17) is 5.11 Å². The smallest absolute Gasteiger partial charge is 0.337 e. The van der Waals surface area contributed by atoms with Gasteiger partial charge in [0.2, 0.25) is 0 Å². The van der Waals surface area contributed by atoms with E-state index in [0.29, 0.717) is 14.6 Å². The van der Waals surface area contributed by atoms with Crippen LogP contribution in [0.15, 0.2) is 21.1 Å². The van der Waals surface area contributed by atoms with Gasteiger partial charge in [-0.15, -0.1) is 0 Å². The first kappa shape index (κ1) is 12.7. The van der Waals surface area contributed by atoms with E-state index in [9.17, 15) is 9.00 Å². The number of nitrogens with one attached hydrogen (secondary N) is 1. The van der Waals surface area contributed by atoms with Gasteiger partial charge in [-0.2, -0.15) is 0 Å². The fourth-order valence-corrected chi connectivity index (χ4v) is 2.95. The Kier molecular flexibility index (Phi) is 4.30. The molecule has 0 radical (unpaired) electrons. The lowest BCUT2D eigenvalue weighted by Gasteiger charge is -2.09. The van der Waals surface area contributed by atoms with E-state index in [2.05, 4.69) is 36.6 Å². The summed E-state index contributed by atoms with van der Waals surface area (Å²) >= 11 is 6.39. The van der Waals surface area contributed by atoms with Crippen molar-refractivity contribution in [2.24, 2.45) is 0 Å². The lowest BCUT2D eigenvalue weighted by molar-refractivity contribution is 0.0698. The van der Waals surface area contributed by atoms with Crippen LogP contribution < -0.4 is 4.72 Å². The monoisotopic (exact) mass is 355 g/mol. The van der Waals surface area contributed by atoms with Gasteiger partial charge >= 0.3 is 5.97 Å². The average molecular weight is 357 g/mol. The van der Waals surface area contributed by atoms with Gasteiger partial charge in [0.25, 0.3) is 0 Å². The topological polar surface area (TPSA) is 66.4 Å². The first-order valence-electron chi connectivity index (χ1n) is 3.74. The Morgan fingerprint density at radius 1 is 1.47 bits per heavy atom. The van der Waals surface area contributed by atoms with Crippen molar-refractivity contribution in [3.05, 3.63) is 26.6 Å². The number of aromatic carboxylic acids is 1. The molecule has 1 atom stereocenters. The fraction of sp³-hybridized carbons (Fsp3) is 0.125. The highest BCUT2D eigenvalue weighted by atomic mass is 79.9. The second-order valence-electron chi connectivity index (χ2n) is 2.67. The average Bonchev–Trinajstić information content (AvgIpc) is 2.08. The SMILES string of the molecule is CS(=O)Nc1c(Br)cc(Br)cc1C(=O)O. The Hall–Kier alpha value is -0.400. The summed E-state index contributed by atoms with van der Waals surface area (Å²) in [6.45, 7) is 0. The molecule has 0 bridgehead atoms. The van der Waals surface area contributed by atoms with Crippen LogP contribution >= 0.6 is 31.9 Å². The molecule has 0 heterocycles. The first-order valence-corrected chi connectivity index (χ1v) is 6.88. The van der Waals surface area contributed by atoms with Gasteiger partial charge in [-0.3, -0.25) is 0 Å². The van der Waals surface area contributed by atoms with Crippen LogP contribution in [-0.2, 0) is 11.0 Å². The molecule has 15 heavy (non-hydrogen) atoms. The fourth-order valence-electron chi connectivity index (χ4n) is 0.990. The van der Waals surface area contributed by atoms with Crippen molar-refractivity contribution >= 4 is 54.5 Å². The van der Waals surface area contributed by atoms with E-state index >= 15 is 0 Å². The number of rotatable bonds is 3. The van der Waals surface area contributed by atoms with Crippen molar-refractivity contribution < 1.29 is 14.1 Å². The summed E-state index contributed by atoms with van der Waals surface area (Å²) in [4.78, 5) is 10.9. The number of carboxylic acids is 1. The molecule has 0 saturated carbocycles. The summed E-state index contributed by atoms with van der Waals surface area (Å²) in [6.07, 6.45) is 1.43. The Morgan fingerprint density at radius 3 is 2.53 bits per heavy atom. The summed E-state index contributed by atoms with van der Waals surface area (Å²) in [5.74, 6) is -1.08. The van der Waals surface area contributed by atoms with Crippen molar-refractivity contribution in [3.8, 4) is 0 Å². The maximum Gasteiger partial charge on any atom is 0.337 e. The third-order valence-corrected chi connectivity index (χ3v) is 3.11. The maximum absolute atomic E-state index is 11.0. The van der Waals surface area contributed by atoms with E-state index in [1.807, 2.05) is 0 Å². The van der Waals surface area contributed by atoms with Crippen LogP contribution in [0.3, 0.4) is 0 Å². The van der Waals surface area contributed by atoms with Crippen molar-refractivity contribution in [1.82, 2.24) is 0 Å². The Bertz CT molecular complexity index is 436. The van der Waals surface area contributed by atoms with Gasteiger partial charge in [-0.05, 0) is 28.1 Å². The van der Waals surface area contributed by atoms with Gasteiger partial charge in [0, 0.05) is 15.2 Å². The molecule has 0 aliphatic heterocycles. The molecule has 1 unspecified atom stereocenters. The first-order chi connectivity index (χ1) is 6.91. The molecule has 0 spiro atoms. The van der Waals surface area contributed by atoms with Crippen molar-refractivity contribution in [2.45, 2.75) is 0 Å². The number of hydrogen-bond acceptors (Lipinski definition) is 2. The summed E-state index contributed by atoms with van der Waals surface area (Å²) in [6, 6.07) is 3.13. The van der Waals surface area contributed by atoms with Crippen LogP contribution in [0.2, 0.25) is 0 Å². The van der Waals surface area contributed by atoms with Crippen molar-refractivity contribution in [2.75, 3.05) is 11.0 Å². The second kappa shape index (κ2) is 5.09. The summed E-state index contributed by atoms with van der Waals surface area (Å²) in [5, 5.41) is 8.95. The molecule has 0 aliphatic rings. The molecule has 1 aromatic carbocycles. The molecule has 4 nitrogen and oxygen atoms in total. The molecule has 0 saturated heterocycles. The minimum Gasteiger partial charge on any atom is -0.478 e. The third-order valence-electron chi connectivity index (χ3n) is 1.53. The Balaban J connectivity index is 3.33. The predicted octanol–water partition coefficient (Wildman–Crippen LogP) is 2.62. The van der Waals surface area contributed by atoms with E-state index in [1.54, 1.807) is 6.07 Å². The minimum absolute atomic E-state index is 0.0615. The minimum atomic E-state index is -1.32. The third kappa shape index (κ3) is 3.29. The number of halogens is 2. The summed E-state index contributed by atoms with van der Waals surface area (Å²) in [5.41, 5.74) is 0.373. The van der Waals surface area contributed by atoms with E-state index < -0.39 is 17.0 Å². The molecule has 7 heteroatoms. The molecule has 1 aromatic rings. The Labute approximate surface area is 106 Å². The van der Waals surface area contributed by atoms with Gasteiger partial charge in [0.05, 0.1) is 11.3 Å². The molecule has 1 rings (SSSR count). The van der Waals surface area contributed by atoms with E-state index in [-0.39, 0.29) is 5.56 Å². The Morgan fingerprint density at radius 2 is 2.07 bits per heavy atom. The number of hydrogen-bond donors (Lipinski definition) is 2. The van der Waals surface area contributed by atoms with Gasteiger partial charge in [0.15, 0.2) is 0 Å². The standard InChI is InChI=1S/C8H7Br2NO3S/c1-15(14)11-7-5(8(12)13)2-4(9)3-6(7)10/h2-3,11H,1H3,(H,12,13). The van der Waals surface area contributed by atoms with E-state index in [1.165, 1.54) is 12.3 Å². The molecular weight excluding hydrogens is 350 g/mol. The zero-order chi connectivity index (χ0) is 11.6. The van der Waals surface area contributed by atoms with Crippen LogP contribution in [-0.4, -0.2) is 21.5 Å². The van der Waals surface area contributed by atoms with Gasteiger partial charge in [-0.1, -0.05) is 15.9 Å². The molecule has 0 aromatic heterocycles. The zero-order valence-electron chi connectivity index (χ0n) is 7.58. The normalized spacial score (nSPS) is 12.2. The van der Waals surface area contributed by atoms with Crippen molar-refractivity contribution in [1.29, 1.82) is 0 Å². The molecule has 0 fully saturated rings. The van der Waals surface area contributed by atoms with Crippen molar-refractivity contribution in [3.63, 3.8) is 0 Å². The van der Waals surface area contributed by atoms with E-state index in [0.717, 1.165) is 0 Å². The highest BCUT2D eigenvalue weighted by Gasteiger charge is 2.15. The highest BCUT2D eigenvalue weighted by Crippen LogP contribution is 2.31. The number of anilines is 1. The van der Waals surface area contributed by atoms with Gasteiger partial charge < -0.3 is 9.83 Å². The van der Waals surface area contributed by atoms with Gasteiger partial charge in [0.1, 0.15) is 11.0 Å². The molecule has 0 amide bonds. The molecule has 82 valence electrons. The highest BCUT2D eigenvalue weighted by molar-refractivity contribution is 9.11. The molecule has 0 aliphatic carbocycles. The largest absolute Gasteiger partial charge is 0.478 e. The number of benzene rings is 1. The predicted molar refractivity (Wildman–Crippen MR) is 66.5 cm³/mol. The molecule has 2 N–H and O–H groups in total.